The van der Waals surface area contributed by atoms with Crippen molar-refractivity contribution in [3.63, 3.8) is 0 Å². The molecule has 0 N–H and O–H groups in total. The van der Waals surface area contributed by atoms with Gasteiger partial charge in [0, 0.05) is 62.0 Å². The highest BCUT2D eigenvalue weighted by Gasteiger charge is 2.22. The summed E-state index contributed by atoms with van der Waals surface area (Å²) < 4.78 is 9.29. The smallest absolute Gasteiger partial charge is 0.160 e. The number of hydrogen-bond donors (Lipinski definition) is 0. The third-order valence-electron chi connectivity index (χ3n) is 11.0. The Morgan fingerprint density at radius 2 is 1.16 bits per heavy atom. The van der Waals surface area contributed by atoms with E-state index in [0.29, 0.717) is 5.82 Å². The van der Waals surface area contributed by atoms with Gasteiger partial charge in [0.1, 0.15) is 5.58 Å². The van der Waals surface area contributed by atoms with Crippen LogP contribution in [0.15, 0.2) is 192 Å². The van der Waals surface area contributed by atoms with Crippen molar-refractivity contribution in [3.8, 4) is 39.5 Å². The van der Waals surface area contributed by atoms with Gasteiger partial charge >= 0.3 is 0 Å². The lowest BCUT2D eigenvalue weighted by atomic mass is 10.00. The summed E-state index contributed by atoms with van der Waals surface area (Å²) in [4.78, 5) is 12.5. The predicted octanol–water partition coefficient (Wildman–Crippen LogP) is 13.4. The number of furan rings is 1. The minimum atomic E-state index is 0.664. The van der Waals surface area contributed by atoms with Crippen molar-refractivity contribution in [2.45, 2.75) is 0 Å². The Kier molecular flexibility index (Phi) is 7.32. The lowest BCUT2D eigenvalue weighted by Gasteiger charge is -2.23. The second kappa shape index (κ2) is 12.8. The number of hydrogen-bond acceptors (Lipinski definition) is 4. The van der Waals surface area contributed by atoms with Crippen molar-refractivity contribution in [3.05, 3.63) is 188 Å². The number of para-hydroxylation sites is 4. The lowest BCUT2D eigenvalue weighted by molar-refractivity contribution is 0.666. The molecular formula is C51H34N4O. The molecule has 0 saturated carbocycles. The van der Waals surface area contributed by atoms with Crippen LogP contribution >= 0.6 is 0 Å². The van der Waals surface area contributed by atoms with E-state index in [2.05, 4.69) is 174 Å². The van der Waals surface area contributed by atoms with Gasteiger partial charge in [0.25, 0.3) is 0 Å². The SMILES string of the molecule is CN(c1ccccc1)c1cc2c3ccccc3n(-c3cccc4c3oc3cc(-c5nc(-c6ccccc6)c6ccccc6n5)ccc34)c2cc1-c1ccccc1. The summed E-state index contributed by atoms with van der Waals surface area (Å²) in [7, 11) is 2.15. The number of rotatable bonds is 6. The summed E-state index contributed by atoms with van der Waals surface area (Å²) >= 11 is 0. The van der Waals surface area contributed by atoms with E-state index in [-0.39, 0.29) is 0 Å². The Morgan fingerprint density at radius 1 is 0.482 bits per heavy atom. The van der Waals surface area contributed by atoms with E-state index >= 15 is 0 Å². The monoisotopic (exact) mass is 718 g/mol. The van der Waals surface area contributed by atoms with E-state index < -0.39 is 0 Å². The van der Waals surface area contributed by atoms with Crippen molar-refractivity contribution in [1.82, 2.24) is 14.5 Å². The quantitative estimate of drug-likeness (QED) is 0.172. The van der Waals surface area contributed by atoms with Gasteiger partial charge in [0.2, 0.25) is 0 Å². The van der Waals surface area contributed by atoms with Crippen LogP contribution in [0.2, 0.25) is 0 Å². The highest BCUT2D eigenvalue weighted by molar-refractivity contribution is 6.15. The van der Waals surface area contributed by atoms with Gasteiger partial charge in [-0.3, -0.25) is 0 Å². The zero-order valence-electron chi connectivity index (χ0n) is 30.6. The lowest BCUT2D eigenvalue weighted by Crippen LogP contribution is -2.10. The highest BCUT2D eigenvalue weighted by Crippen LogP contribution is 2.44. The topological polar surface area (TPSA) is 47.1 Å². The summed E-state index contributed by atoms with van der Waals surface area (Å²) in [6.07, 6.45) is 0. The van der Waals surface area contributed by atoms with Crippen molar-refractivity contribution in [1.29, 1.82) is 0 Å². The summed E-state index contributed by atoms with van der Waals surface area (Å²) in [5.74, 6) is 0.664. The summed E-state index contributed by atoms with van der Waals surface area (Å²) in [5, 5.41) is 5.49. The zero-order chi connectivity index (χ0) is 37.2. The number of fused-ring (bicyclic) bond motifs is 7. The second-order valence-electron chi connectivity index (χ2n) is 14.2. The largest absolute Gasteiger partial charge is 0.454 e. The average Bonchev–Trinajstić information content (AvgIpc) is 3.81. The molecule has 3 heterocycles. The number of anilines is 2. The zero-order valence-corrected chi connectivity index (χ0v) is 30.6. The van der Waals surface area contributed by atoms with Gasteiger partial charge in [0.15, 0.2) is 11.4 Å². The normalized spacial score (nSPS) is 11.7. The fourth-order valence-corrected chi connectivity index (χ4v) is 8.30. The maximum absolute atomic E-state index is 6.92. The van der Waals surface area contributed by atoms with E-state index in [1.807, 2.05) is 30.3 Å². The molecule has 0 radical (unpaired) electrons. The fraction of sp³-hybridized carbons (Fsp3) is 0.0196. The van der Waals surface area contributed by atoms with Gasteiger partial charge in [-0.05, 0) is 60.2 Å². The van der Waals surface area contributed by atoms with Crippen molar-refractivity contribution >= 4 is 66.0 Å². The van der Waals surface area contributed by atoms with Crippen LogP contribution in [0.5, 0.6) is 0 Å². The molecule has 0 saturated heterocycles. The number of nitrogens with zero attached hydrogens (tertiary/aromatic N) is 4. The molecule has 5 heteroatoms. The van der Waals surface area contributed by atoms with Gasteiger partial charge in [-0.15, -0.1) is 0 Å². The molecule has 11 aromatic rings. The molecular weight excluding hydrogens is 685 g/mol. The molecule has 56 heavy (non-hydrogen) atoms. The Morgan fingerprint density at radius 3 is 1.96 bits per heavy atom. The average molecular weight is 719 g/mol. The van der Waals surface area contributed by atoms with E-state index in [4.69, 9.17) is 14.4 Å². The molecule has 0 unspecified atom stereocenters. The molecule has 8 aromatic carbocycles. The number of benzene rings is 8. The van der Waals surface area contributed by atoms with Crippen LogP contribution in [0.1, 0.15) is 0 Å². The van der Waals surface area contributed by atoms with E-state index in [1.165, 1.54) is 10.8 Å². The van der Waals surface area contributed by atoms with Crippen LogP contribution in [0.3, 0.4) is 0 Å². The molecule has 0 amide bonds. The minimum Gasteiger partial charge on any atom is -0.454 e. The van der Waals surface area contributed by atoms with Crippen LogP contribution < -0.4 is 4.90 Å². The molecule has 0 aliphatic carbocycles. The van der Waals surface area contributed by atoms with Gasteiger partial charge < -0.3 is 13.9 Å². The molecule has 5 nitrogen and oxygen atoms in total. The van der Waals surface area contributed by atoms with Gasteiger partial charge in [0.05, 0.1) is 27.9 Å². The van der Waals surface area contributed by atoms with E-state index in [0.717, 1.165) is 88.9 Å². The van der Waals surface area contributed by atoms with Crippen LogP contribution in [-0.4, -0.2) is 21.6 Å². The maximum atomic E-state index is 6.92. The first kappa shape index (κ1) is 32.0. The summed E-state index contributed by atoms with van der Waals surface area (Å²) in [6, 6.07) is 65.9. The van der Waals surface area contributed by atoms with E-state index in [9.17, 15) is 0 Å². The van der Waals surface area contributed by atoms with Crippen molar-refractivity contribution in [2.75, 3.05) is 11.9 Å². The van der Waals surface area contributed by atoms with Crippen LogP contribution in [0.25, 0.3) is 94.1 Å². The standard InChI is InChI=1S/C51H34N4O/c1-54(36-20-9-4-10-21-36)46-32-42-37-22-12-14-26-44(37)55(47(42)31-41(46)33-16-5-2-6-17-33)45-27-15-24-39-38-29-28-35(30-48(38)56-50(39)45)51-52-43-25-13-11-23-40(43)49(53-51)34-18-7-3-8-19-34/h2-32H,1H3. The van der Waals surface area contributed by atoms with Crippen molar-refractivity contribution < 1.29 is 4.42 Å². The molecule has 0 aliphatic rings. The Labute approximate surface area is 323 Å². The Bertz CT molecular complexity index is 3260. The maximum Gasteiger partial charge on any atom is 0.160 e. The van der Waals surface area contributed by atoms with Crippen LogP contribution in [-0.2, 0) is 0 Å². The Balaban J connectivity index is 1.12. The third-order valence-corrected chi connectivity index (χ3v) is 11.0. The number of aromatic nitrogens is 3. The highest BCUT2D eigenvalue weighted by atomic mass is 16.3. The van der Waals surface area contributed by atoms with Gasteiger partial charge in [-0.25, -0.2) is 9.97 Å². The predicted molar refractivity (Wildman–Crippen MR) is 232 cm³/mol. The first-order valence-electron chi connectivity index (χ1n) is 18.9. The molecule has 3 aromatic heterocycles. The molecule has 264 valence electrons. The first-order valence-corrected chi connectivity index (χ1v) is 18.9. The van der Waals surface area contributed by atoms with Gasteiger partial charge in [-0.1, -0.05) is 133 Å². The molecule has 0 spiro atoms. The fourth-order valence-electron chi connectivity index (χ4n) is 8.30. The molecule has 0 fully saturated rings. The van der Waals surface area contributed by atoms with Crippen molar-refractivity contribution in [2.24, 2.45) is 0 Å². The van der Waals surface area contributed by atoms with Gasteiger partial charge in [-0.2, -0.15) is 0 Å². The first-order chi connectivity index (χ1) is 27.7. The third kappa shape index (κ3) is 5.09. The summed E-state index contributed by atoms with van der Waals surface area (Å²) in [5.41, 5.74) is 13.2. The van der Waals surface area contributed by atoms with Crippen LogP contribution in [0.4, 0.5) is 11.4 Å². The molecule has 0 aliphatic heterocycles. The molecule has 0 atom stereocenters. The van der Waals surface area contributed by atoms with E-state index in [1.54, 1.807) is 0 Å². The Hall–Kier alpha value is -7.50. The molecule has 11 rings (SSSR count). The molecule has 0 bridgehead atoms. The van der Waals surface area contributed by atoms with Crippen LogP contribution in [0, 0.1) is 0 Å². The second-order valence-corrected chi connectivity index (χ2v) is 14.2. The summed E-state index contributed by atoms with van der Waals surface area (Å²) in [6.45, 7) is 0. The minimum absolute atomic E-state index is 0.664.